The van der Waals surface area contributed by atoms with E-state index in [1.165, 1.54) is 29.4 Å². The van der Waals surface area contributed by atoms with Gasteiger partial charge in [0.15, 0.2) is 21.9 Å². The second kappa shape index (κ2) is 9.58. The quantitative estimate of drug-likeness (QED) is 0.393. The van der Waals surface area contributed by atoms with Crippen molar-refractivity contribution in [1.29, 1.82) is 0 Å². The van der Waals surface area contributed by atoms with Gasteiger partial charge in [0.25, 0.3) is 5.91 Å². The molecule has 11 heteroatoms. The fourth-order valence-electron chi connectivity index (χ4n) is 2.70. The number of carbonyl (C=O) groups is 2. The minimum Gasteiger partial charge on any atom is -0.459 e. The van der Waals surface area contributed by atoms with Crippen LogP contribution in [0.2, 0.25) is 0 Å². The lowest BCUT2D eigenvalue weighted by Crippen LogP contribution is -2.24. The van der Waals surface area contributed by atoms with Crippen molar-refractivity contribution in [2.24, 2.45) is 0 Å². The highest BCUT2D eigenvalue weighted by atomic mass is 32.2. The Kier molecular flexibility index (Phi) is 6.43. The number of nitrogens with one attached hydrogen (secondary N) is 2. The molecule has 0 saturated carbocycles. The number of aryl methyl sites for hydroxylation is 1. The van der Waals surface area contributed by atoms with Crippen molar-refractivity contribution in [1.82, 2.24) is 25.1 Å². The normalized spacial score (nSPS) is 10.7. The standard InChI is InChI=1S/C20H18N6O3S2/c1-13-11-30-19(22-13)23-17(27)12-31-20-25-24-16(26(20)14-6-3-2-4-7-14)10-21-18(28)15-8-5-9-29-15/h2-9,11H,10,12H2,1H3,(H,21,28)(H,22,23,27). The van der Waals surface area contributed by atoms with Crippen LogP contribution in [-0.4, -0.2) is 37.3 Å². The number of rotatable bonds is 8. The number of hydrogen-bond donors (Lipinski definition) is 2. The highest BCUT2D eigenvalue weighted by Gasteiger charge is 2.18. The van der Waals surface area contributed by atoms with E-state index < -0.39 is 0 Å². The molecule has 0 atom stereocenters. The van der Waals surface area contributed by atoms with Crippen LogP contribution >= 0.6 is 23.1 Å². The maximum absolute atomic E-state index is 12.3. The molecule has 0 aliphatic heterocycles. The van der Waals surface area contributed by atoms with E-state index in [-0.39, 0.29) is 29.9 Å². The maximum Gasteiger partial charge on any atom is 0.287 e. The van der Waals surface area contributed by atoms with E-state index in [1.807, 2.05) is 47.2 Å². The van der Waals surface area contributed by atoms with Crippen LogP contribution < -0.4 is 10.6 Å². The van der Waals surface area contributed by atoms with Crippen molar-refractivity contribution in [3.8, 4) is 5.69 Å². The number of carbonyl (C=O) groups excluding carboxylic acids is 2. The van der Waals surface area contributed by atoms with E-state index in [9.17, 15) is 9.59 Å². The van der Waals surface area contributed by atoms with Gasteiger partial charge < -0.3 is 15.1 Å². The third kappa shape index (κ3) is 5.19. The summed E-state index contributed by atoms with van der Waals surface area (Å²) in [5.41, 5.74) is 1.69. The van der Waals surface area contributed by atoms with Crippen LogP contribution in [0.4, 0.5) is 5.13 Å². The molecular formula is C20H18N6O3S2. The van der Waals surface area contributed by atoms with Crippen molar-refractivity contribution in [2.45, 2.75) is 18.6 Å². The van der Waals surface area contributed by atoms with E-state index in [0.29, 0.717) is 16.1 Å². The smallest absolute Gasteiger partial charge is 0.287 e. The number of amides is 2. The van der Waals surface area contributed by atoms with E-state index >= 15 is 0 Å². The summed E-state index contributed by atoms with van der Waals surface area (Å²) < 4.78 is 6.92. The summed E-state index contributed by atoms with van der Waals surface area (Å²) in [5, 5.41) is 17.0. The molecule has 0 saturated heterocycles. The molecule has 0 unspecified atom stereocenters. The summed E-state index contributed by atoms with van der Waals surface area (Å²) in [4.78, 5) is 28.7. The molecule has 4 aromatic rings. The molecule has 31 heavy (non-hydrogen) atoms. The Labute approximate surface area is 185 Å². The second-order valence-electron chi connectivity index (χ2n) is 6.36. The first-order valence-corrected chi connectivity index (χ1v) is 11.1. The number of thioether (sulfide) groups is 1. The largest absolute Gasteiger partial charge is 0.459 e. The van der Waals surface area contributed by atoms with Crippen molar-refractivity contribution >= 4 is 40.0 Å². The number of hydrogen-bond acceptors (Lipinski definition) is 8. The van der Waals surface area contributed by atoms with Gasteiger partial charge >= 0.3 is 0 Å². The Bertz CT molecular complexity index is 1170. The highest BCUT2D eigenvalue weighted by molar-refractivity contribution is 7.99. The number of nitrogens with zero attached hydrogens (tertiary/aromatic N) is 4. The number of thiazole rings is 1. The van der Waals surface area contributed by atoms with Crippen molar-refractivity contribution in [2.75, 3.05) is 11.1 Å². The van der Waals surface area contributed by atoms with Gasteiger partial charge in [0.05, 0.1) is 24.3 Å². The second-order valence-corrected chi connectivity index (χ2v) is 8.16. The van der Waals surface area contributed by atoms with Crippen molar-refractivity contribution < 1.29 is 14.0 Å². The zero-order valence-electron chi connectivity index (χ0n) is 16.4. The monoisotopic (exact) mass is 454 g/mol. The third-order valence-electron chi connectivity index (χ3n) is 4.06. The first kappa shape index (κ1) is 20.8. The molecule has 0 aliphatic rings. The van der Waals surface area contributed by atoms with Crippen LogP contribution in [0.5, 0.6) is 0 Å². The average Bonchev–Trinajstić information content (AvgIpc) is 3.52. The van der Waals surface area contributed by atoms with Gasteiger partial charge in [-0.2, -0.15) is 0 Å². The van der Waals surface area contributed by atoms with Crippen molar-refractivity contribution in [3.63, 3.8) is 0 Å². The molecule has 4 rings (SSSR count). The number of aromatic nitrogens is 4. The molecule has 3 aromatic heterocycles. The molecule has 1 aromatic carbocycles. The topological polar surface area (TPSA) is 115 Å². The van der Waals surface area contributed by atoms with Crippen LogP contribution in [0.1, 0.15) is 22.1 Å². The fraction of sp³-hybridized carbons (Fsp3) is 0.150. The Morgan fingerprint density at radius 2 is 2.00 bits per heavy atom. The lowest BCUT2D eigenvalue weighted by molar-refractivity contribution is -0.113. The Hall–Kier alpha value is -3.44. The minimum absolute atomic E-state index is 0.141. The lowest BCUT2D eigenvalue weighted by Gasteiger charge is -2.10. The Morgan fingerprint density at radius 3 is 2.71 bits per heavy atom. The van der Waals surface area contributed by atoms with Gasteiger partial charge in [-0.3, -0.25) is 14.2 Å². The van der Waals surface area contributed by atoms with Gasteiger partial charge in [0.1, 0.15) is 0 Å². The number of benzene rings is 1. The lowest BCUT2D eigenvalue weighted by atomic mass is 10.3. The zero-order chi connectivity index (χ0) is 21.6. The van der Waals surface area contributed by atoms with Crippen LogP contribution in [0.25, 0.3) is 5.69 Å². The first-order chi connectivity index (χ1) is 15.1. The highest BCUT2D eigenvalue weighted by Crippen LogP contribution is 2.23. The van der Waals surface area contributed by atoms with Crippen LogP contribution in [0, 0.1) is 6.92 Å². The molecule has 0 aliphatic carbocycles. The average molecular weight is 455 g/mol. The molecule has 2 N–H and O–H groups in total. The third-order valence-corrected chi connectivity index (χ3v) is 5.87. The van der Waals surface area contributed by atoms with E-state index in [4.69, 9.17) is 4.42 Å². The van der Waals surface area contributed by atoms with Gasteiger partial charge in [0.2, 0.25) is 5.91 Å². The van der Waals surface area contributed by atoms with E-state index in [0.717, 1.165) is 11.4 Å². The summed E-state index contributed by atoms with van der Waals surface area (Å²) in [6, 6.07) is 12.7. The SMILES string of the molecule is Cc1csc(NC(=O)CSc2nnc(CNC(=O)c3ccco3)n2-c2ccccc2)n1. The summed E-state index contributed by atoms with van der Waals surface area (Å²) in [5.74, 6) is 0.358. The summed E-state index contributed by atoms with van der Waals surface area (Å²) in [6.07, 6.45) is 1.44. The van der Waals surface area contributed by atoms with Gasteiger partial charge in [0, 0.05) is 11.1 Å². The van der Waals surface area contributed by atoms with Crippen molar-refractivity contribution in [3.05, 3.63) is 71.4 Å². The first-order valence-electron chi connectivity index (χ1n) is 9.26. The van der Waals surface area contributed by atoms with Gasteiger partial charge in [-0.1, -0.05) is 30.0 Å². The van der Waals surface area contributed by atoms with Crippen LogP contribution in [0.3, 0.4) is 0 Å². The summed E-state index contributed by atoms with van der Waals surface area (Å²) in [6.45, 7) is 2.02. The van der Waals surface area contributed by atoms with Gasteiger partial charge in [-0.25, -0.2) is 4.98 Å². The summed E-state index contributed by atoms with van der Waals surface area (Å²) in [7, 11) is 0. The number of para-hydroxylation sites is 1. The predicted octanol–water partition coefficient (Wildman–Crippen LogP) is 3.29. The molecule has 2 amide bonds. The molecule has 3 heterocycles. The van der Waals surface area contributed by atoms with E-state index in [2.05, 4.69) is 25.8 Å². The molecule has 0 fully saturated rings. The number of anilines is 1. The molecule has 0 bridgehead atoms. The number of furan rings is 1. The van der Waals surface area contributed by atoms with Gasteiger partial charge in [-0.05, 0) is 31.2 Å². The maximum atomic E-state index is 12.3. The predicted molar refractivity (Wildman–Crippen MR) is 117 cm³/mol. The van der Waals surface area contributed by atoms with Crippen LogP contribution in [-0.2, 0) is 11.3 Å². The summed E-state index contributed by atoms with van der Waals surface area (Å²) >= 11 is 2.63. The van der Waals surface area contributed by atoms with E-state index in [1.54, 1.807) is 12.1 Å². The van der Waals surface area contributed by atoms with Crippen LogP contribution in [0.15, 0.2) is 63.7 Å². The zero-order valence-corrected chi connectivity index (χ0v) is 18.1. The molecular weight excluding hydrogens is 436 g/mol. The molecule has 9 nitrogen and oxygen atoms in total. The molecule has 0 spiro atoms. The molecule has 0 radical (unpaired) electrons. The minimum atomic E-state index is -0.347. The Morgan fingerprint density at radius 1 is 1.16 bits per heavy atom. The Balaban J connectivity index is 1.48. The fourth-order valence-corrected chi connectivity index (χ4v) is 4.17. The molecule has 158 valence electrons. The van der Waals surface area contributed by atoms with Gasteiger partial charge in [-0.15, -0.1) is 21.5 Å².